The highest BCUT2D eigenvalue weighted by molar-refractivity contribution is 6.05. The maximum atomic E-state index is 12.3. The molecule has 1 aliphatic heterocycles. The number of rotatable bonds is 5. The second-order valence-electron chi connectivity index (χ2n) is 6.41. The minimum atomic E-state index is -0.237. The molecule has 1 aliphatic rings. The number of carbonyl (C=O) groups is 1. The van der Waals surface area contributed by atoms with Gasteiger partial charge in [-0.1, -0.05) is 19.4 Å². The van der Waals surface area contributed by atoms with Crippen molar-refractivity contribution in [1.82, 2.24) is 10.3 Å². The quantitative estimate of drug-likeness (QED) is 0.827. The van der Waals surface area contributed by atoms with Crippen molar-refractivity contribution in [3.63, 3.8) is 0 Å². The molecule has 4 nitrogen and oxygen atoms in total. The summed E-state index contributed by atoms with van der Waals surface area (Å²) in [5.41, 5.74) is 5.54. The average Bonchev–Trinajstić information content (AvgIpc) is 2.91. The Hall–Kier alpha value is -1.81. The highest BCUT2D eigenvalue weighted by Crippen LogP contribution is 2.32. The Morgan fingerprint density at radius 2 is 2.17 bits per heavy atom. The standard InChI is InChI=1S/C19H26N2O2/c1-4-6-7-13-8-9-14(19(22)23-5-2)18-17(13)15-11-20-12(3)10-16(15)21-18/h8-9,12,20-21H,4-7,10-11H2,1-3H3. The molecule has 3 rings (SSSR count). The Morgan fingerprint density at radius 1 is 1.35 bits per heavy atom. The van der Waals surface area contributed by atoms with Gasteiger partial charge in [-0.15, -0.1) is 0 Å². The minimum absolute atomic E-state index is 0.237. The van der Waals surface area contributed by atoms with E-state index in [1.54, 1.807) is 0 Å². The van der Waals surface area contributed by atoms with Gasteiger partial charge >= 0.3 is 5.97 Å². The van der Waals surface area contributed by atoms with Gasteiger partial charge in [0.2, 0.25) is 0 Å². The van der Waals surface area contributed by atoms with Crippen molar-refractivity contribution in [2.45, 2.75) is 59.0 Å². The zero-order valence-electron chi connectivity index (χ0n) is 14.3. The predicted octanol–water partition coefficient (Wildman–Crippen LogP) is 3.72. The average molecular weight is 314 g/mol. The second kappa shape index (κ2) is 6.75. The second-order valence-corrected chi connectivity index (χ2v) is 6.41. The summed E-state index contributed by atoms with van der Waals surface area (Å²) in [4.78, 5) is 15.8. The van der Waals surface area contributed by atoms with E-state index in [0.717, 1.165) is 31.3 Å². The molecule has 0 amide bonds. The van der Waals surface area contributed by atoms with Crippen LogP contribution in [0.4, 0.5) is 0 Å². The Morgan fingerprint density at radius 3 is 2.91 bits per heavy atom. The van der Waals surface area contributed by atoms with Crippen molar-refractivity contribution >= 4 is 16.9 Å². The SMILES string of the molecule is CCCCc1ccc(C(=O)OCC)c2[nH]c3c(c12)CNC(C)C3. The molecule has 0 saturated carbocycles. The maximum absolute atomic E-state index is 12.3. The summed E-state index contributed by atoms with van der Waals surface area (Å²) in [6, 6.07) is 4.49. The summed E-state index contributed by atoms with van der Waals surface area (Å²) in [6.07, 6.45) is 4.36. The molecule has 1 aromatic carbocycles. The molecule has 124 valence electrons. The van der Waals surface area contributed by atoms with E-state index in [0.29, 0.717) is 18.2 Å². The zero-order valence-corrected chi connectivity index (χ0v) is 14.3. The predicted molar refractivity (Wildman–Crippen MR) is 92.9 cm³/mol. The van der Waals surface area contributed by atoms with Gasteiger partial charge in [0.25, 0.3) is 0 Å². The number of aromatic nitrogens is 1. The molecule has 1 atom stereocenters. The summed E-state index contributed by atoms with van der Waals surface area (Å²) in [5, 5.41) is 4.77. The number of H-pyrrole nitrogens is 1. The molecule has 2 heterocycles. The normalized spacial score (nSPS) is 17.3. The van der Waals surface area contributed by atoms with Gasteiger partial charge in [-0.2, -0.15) is 0 Å². The van der Waals surface area contributed by atoms with E-state index in [4.69, 9.17) is 4.74 Å². The van der Waals surface area contributed by atoms with Gasteiger partial charge in [0.15, 0.2) is 0 Å². The molecule has 0 spiro atoms. The van der Waals surface area contributed by atoms with Gasteiger partial charge in [0.05, 0.1) is 17.7 Å². The Bertz CT molecular complexity index is 718. The summed E-state index contributed by atoms with van der Waals surface area (Å²) < 4.78 is 5.24. The molecule has 1 unspecified atom stereocenters. The van der Waals surface area contributed by atoms with Crippen LogP contribution in [0.1, 0.15) is 60.8 Å². The number of carbonyl (C=O) groups excluding carboxylic acids is 1. The highest BCUT2D eigenvalue weighted by Gasteiger charge is 2.24. The zero-order chi connectivity index (χ0) is 16.4. The van der Waals surface area contributed by atoms with Crippen molar-refractivity contribution in [1.29, 1.82) is 0 Å². The van der Waals surface area contributed by atoms with E-state index in [9.17, 15) is 4.79 Å². The van der Waals surface area contributed by atoms with Gasteiger partial charge in [0.1, 0.15) is 0 Å². The number of unbranched alkanes of at least 4 members (excludes halogenated alkanes) is 1. The fourth-order valence-electron chi connectivity index (χ4n) is 3.48. The lowest BCUT2D eigenvalue weighted by Gasteiger charge is -2.20. The van der Waals surface area contributed by atoms with Crippen LogP contribution in [-0.4, -0.2) is 23.6 Å². The molecule has 4 heteroatoms. The van der Waals surface area contributed by atoms with Crippen molar-refractivity contribution in [3.8, 4) is 0 Å². The van der Waals surface area contributed by atoms with E-state index in [-0.39, 0.29) is 5.97 Å². The van der Waals surface area contributed by atoms with Gasteiger partial charge < -0.3 is 15.0 Å². The highest BCUT2D eigenvalue weighted by atomic mass is 16.5. The number of benzene rings is 1. The summed E-state index contributed by atoms with van der Waals surface area (Å²) >= 11 is 0. The molecule has 0 fully saturated rings. The fraction of sp³-hybridized carbons (Fsp3) is 0.526. The third kappa shape index (κ3) is 3.00. The van der Waals surface area contributed by atoms with Gasteiger partial charge in [-0.3, -0.25) is 0 Å². The van der Waals surface area contributed by atoms with E-state index in [1.165, 1.54) is 28.6 Å². The van der Waals surface area contributed by atoms with Crippen LogP contribution in [0.5, 0.6) is 0 Å². The number of ether oxygens (including phenoxy) is 1. The number of nitrogens with one attached hydrogen (secondary N) is 2. The third-order valence-corrected chi connectivity index (χ3v) is 4.67. The lowest BCUT2D eigenvalue weighted by atomic mass is 9.95. The number of aromatic amines is 1. The van der Waals surface area contributed by atoms with Crippen LogP contribution < -0.4 is 5.32 Å². The van der Waals surface area contributed by atoms with Crippen LogP contribution >= 0.6 is 0 Å². The van der Waals surface area contributed by atoms with E-state index in [2.05, 4.69) is 30.2 Å². The van der Waals surface area contributed by atoms with Crippen LogP contribution in [-0.2, 0) is 24.1 Å². The van der Waals surface area contributed by atoms with Gasteiger partial charge in [0, 0.05) is 30.1 Å². The molecule has 0 radical (unpaired) electrons. The first-order valence-corrected chi connectivity index (χ1v) is 8.71. The lowest BCUT2D eigenvalue weighted by Crippen LogP contribution is -2.32. The van der Waals surface area contributed by atoms with Crippen LogP contribution in [0.2, 0.25) is 0 Å². The van der Waals surface area contributed by atoms with Crippen LogP contribution in [0.25, 0.3) is 10.9 Å². The first kappa shape index (κ1) is 16.1. The summed E-state index contributed by atoms with van der Waals surface area (Å²) in [5.74, 6) is -0.237. The molecule has 0 saturated heterocycles. The molecule has 1 aromatic heterocycles. The fourth-order valence-corrected chi connectivity index (χ4v) is 3.48. The van der Waals surface area contributed by atoms with E-state index in [1.807, 2.05) is 13.0 Å². The van der Waals surface area contributed by atoms with Crippen molar-refractivity contribution in [3.05, 3.63) is 34.5 Å². The number of hydrogen-bond acceptors (Lipinski definition) is 3. The Kier molecular flexibility index (Phi) is 4.71. The molecule has 23 heavy (non-hydrogen) atoms. The summed E-state index contributed by atoms with van der Waals surface area (Å²) in [6.45, 7) is 7.51. The van der Waals surface area contributed by atoms with Crippen LogP contribution in [0, 0.1) is 0 Å². The van der Waals surface area contributed by atoms with Crippen molar-refractivity contribution in [2.24, 2.45) is 0 Å². The summed E-state index contributed by atoms with van der Waals surface area (Å²) in [7, 11) is 0. The molecule has 2 N–H and O–H groups in total. The molecular weight excluding hydrogens is 288 g/mol. The number of esters is 1. The largest absolute Gasteiger partial charge is 0.462 e. The smallest absolute Gasteiger partial charge is 0.340 e. The van der Waals surface area contributed by atoms with Gasteiger partial charge in [-0.05, 0) is 43.9 Å². The number of aryl methyl sites for hydroxylation is 1. The number of fused-ring (bicyclic) bond motifs is 3. The molecular formula is C19H26N2O2. The van der Waals surface area contributed by atoms with Crippen LogP contribution in [0.3, 0.4) is 0 Å². The first-order valence-electron chi connectivity index (χ1n) is 8.71. The lowest BCUT2D eigenvalue weighted by molar-refractivity contribution is 0.0528. The molecule has 2 aromatic rings. The van der Waals surface area contributed by atoms with E-state index >= 15 is 0 Å². The Labute approximate surface area is 137 Å². The number of hydrogen-bond donors (Lipinski definition) is 2. The van der Waals surface area contributed by atoms with Crippen molar-refractivity contribution < 1.29 is 9.53 Å². The molecule has 0 aliphatic carbocycles. The monoisotopic (exact) mass is 314 g/mol. The first-order chi connectivity index (χ1) is 11.2. The Balaban J connectivity index is 2.15. The van der Waals surface area contributed by atoms with E-state index < -0.39 is 0 Å². The third-order valence-electron chi connectivity index (χ3n) is 4.67. The minimum Gasteiger partial charge on any atom is -0.462 e. The van der Waals surface area contributed by atoms with Crippen LogP contribution in [0.15, 0.2) is 12.1 Å². The maximum Gasteiger partial charge on any atom is 0.340 e. The van der Waals surface area contributed by atoms with Crippen molar-refractivity contribution in [2.75, 3.05) is 6.61 Å². The topological polar surface area (TPSA) is 54.1 Å². The van der Waals surface area contributed by atoms with Gasteiger partial charge in [-0.25, -0.2) is 4.79 Å². The molecule has 0 bridgehead atoms.